The van der Waals surface area contributed by atoms with E-state index in [2.05, 4.69) is 0 Å². The molecular formula is C4H2NaO3+. The number of hydrogen-bond donors (Lipinski definition) is 1. The van der Waals surface area contributed by atoms with Crippen molar-refractivity contribution in [2.75, 3.05) is 0 Å². The van der Waals surface area contributed by atoms with Crippen LogP contribution in [0.15, 0.2) is 15.7 Å². The molecule has 3 nitrogen and oxygen atoms in total. The molecule has 0 saturated carbocycles. The fourth-order valence-electron chi connectivity index (χ4n) is 0.304. The largest absolute Gasteiger partial charge is 1.00 e. The average molecular weight is 121 g/mol. The normalized spacial score (nSPS) is 8.50. The molecule has 0 unspecified atom stereocenters. The molecule has 0 radical (unpaired) electrons. The van der Waals surface area contributed by atoms with Crippen molar-refractivity contribution in [1.82, 2.24) is 0 Å². The van der Waals surface area contributed by atoms with E-state index >= 15 is 0 Å². The predicted octanol–water partition coefficient (Wildman–Crippen LogP) is -4.01. The van der Waals surface area contributed by atoms with Crippen molar-refractivity contribution in [3.63, 3.8) is 0 Å². The van der Waals surface area contributed by atoms with Crippen molar-refractivity contribution in [2.24, 2.45) is 0 Å². The van der Waals surface area contributed by atoms with Gasteiger partial charge in [0.2, 0.25) is 5.43 Å². The van der Waals surface area contributed by atoms with Crippen LogP contribution >= 0.6 is 0 Å². The second kappa shape index (κ2) is 2.44. The van der Waals surface area contributed by atoms with E-state index in [1.807, 2.05) is 0 Å². The molecular weight excluding hydrogens is 119 g/mol. The van der Waals surface area contributed by atoms with E-state index in [1.165, 1.54) is 0 Å². The maximum Gasteiger partial charge on any atom is 1.00 e. The van der Waals surface area contributed by atoms with Gasteiger partial charge in [-0.25, -0.2) is 0 Å². The molecule has 0 fully saturated rings. The molecule has 0 aliphatic heterocycles. The molecule has 0 saturated heterocycles. The fourth-order valence-corrected chi connectivity index (χ4v) is 0.304. The summed E-state index contributed by atoms with van der Waals surface area (Å²) in [5.74, 6) is -0.426. The first-order valence-electron chi connectivity index (χ1n) is 1.71. The standard InChI is InChI=1S/C4H2O3.Na/c5-2-1-3(6)4(2)7;/h1,5H;/q;+1. The Balaban J connectivity index is 0.000000490. The van der Waals surface area contributed by atoms with Gasteiger partial charge in [0.15, 0.2) is 5.75 Å². The van der Waals surface area contributed by atoms with E-state index in [4.69, 9.17) is 5.11 Å². The van der Waals surface area contributed by atoms with E-state index < -0.39 is 16.6 Å². The minimum atomic E-state index is -0.778. The third-order valence-corrected chi connectivity index (χ3v) is 0.724. The maximum atomic E-state index is 9.89. The van der Waals surface area contributed by atoms with Crippen molar-refractivity contribution >= 4 is 0 Å². The summed E-state index contributed by atoms with van der Waals surface area (Å²) >= 11 is 0. The molecule has 1 rings (SSSR count). The average Bonchev–Trinajstić information content (AvgIpc) is 1.68. The molecule has 0 heterocycles. The molecule has 0 aliphatic rings. The predicted molar refractivity (Wildman–Crippen MR) is 23.0 cm³/mol. The first-order chi connectivity index (χ1) is 3.22. The molecule has 1 aromatic rings. The summed E-state index contributed by atoms with van der Waals surface area (Å²) in [5, 5.41) is 8.18. The van der Waals surface area contributed by atoms with Crippen LogP contribution < -0.4 is 40.4 Å². The minimum Gasteiger partial charge on any atom is -0.504 e. The van der Waals surface area contributed by atoms with Crippen LogP contribution in [0.3, 0.4) is 0 Å². The van der Waals surface area contributed by atoms with Crippen LogP contribution in [0.4, 0.5) is 0 Å². The van der Waals surface area contributed by atoms with Gasteiger partial charge in [0.1, 0.15) is 0 Å². The molecule has 4 heteroatoms. The third-order valence-electron chi connectivity index (χ3n) is 0.724. The molecule has 36 valence electrons. The van der Waals surface area contributed by atoms with Gasteiger partial charge in [-0.05, 0) is 0 Å². The number of aromatic hydroxyl groups is 1. The quantitative estimate of drug-likeness (QED) is 0.281. The molecule has 0 bridgehead atoms. The van der Waals surface area contributed by atoms with Gasteiger partial charge in [0.05, 0.1) is 0 Å². The Bertz CT molecular complexity index is 245. The van der Waals surface area contributed by atoms with Gasteiger partial charge in [-0.15, -0.1) is 0 Å². The summed E-state index contributed by atoms with van der Waals surface area (Å²) in [6.45, 7) is 0. The van der Waals surface area contributed by atoms with E-state index in [9.17, 15) is 9.59 Å². The van der Waals surface area contributed by atoms with E-state index in [1.54, 1.807) is 0 Å². The fraction of sp³-hybridized carbons (Fsp3) is 0. The zero-order valence-corrected chi connectivity index (χ0v) is 6.34. The van der Waals surface area contributed by atoms with Crippen LogP contribution in [-0.4, -0.2) is 5.11 Å². The SMILES string of the molecule is O=c1cc(O)c1=O.[Na+]. The maximum absolute atomic E-state index is 9.89. The molecule has 8 heavy (non-hydrogen) atoms. The van der Waals surface area contributed by atoms with Gasteiger partial charge in [-0.2, -0.15) is 0 Å². The zero-order chi connectivity index (χ0) is 5.44. The van der Waals surface area contributed by atoms with Crippen LogP contribution in [-0.2, 0) is 0 Å². The Hall–Kier alpha value is -0.120. The summed E-state index contributed by atoms with van der Waals surface area (Å²) < 4.78 is 0. The smallest absolute Gasteiger partial charge is 0.504 e. The Morgan fingerprint density at radius 1 is 1.38 bits per heavy atom. The second-order valence-electron chi connectivity index (χ2n) is 1.22. The van der Waals surface area contributed by atoms with Crippen LogP contribution in [0.5, 0.6) is 5.75 Å². The number of hydrogen-bond acceptors (Lipinski definition) is 3. The van der Waals surface area contributed by atoms with E-state index in [0.29, 0.717) is 0 Å². The summed E-state index contributed by atoms with van der Waals surface area (Å²) in [7, 11) is 0. The molecule has 0 aliphatic carbocycles. The van der Waals surface area contributed by atoms with Crippen LogP contribution in [0, 0.1) is 0 Å². The van der Waals surface area contributed by atoms with Crippen molar-refractivity contribution in [3.05, 3.63) is 26.5 Å². The minimum absolute atomic E-state index is 0. The molecule has 0 aromatic heterocycles. The van der Waals surface area contributed by atoms with Gasteiger partial charge in [0.25, 0.3) is 5.43 Å². The van der Waals surface area contributed by atoms with Crippen LogP contribution in [0.1, 0.15) is 0 Å². The molecule has 1 N–H and O–H groups in total. The summed E-state index contributed by atoms with van der Waals surface area (Å²) in [5.41, 5.74) is -1.39. The van der Waals surface area contributed by atoms with Crippen molar-refractivity contribution in [1.29, 1.82) is 0 Å². The molecule has 0 atom stereocenters. The van der Waals surface area contributed by atoms with Gasteiger partial charge in [-0.1, -0.05) is 0 Å². The molecule has 0 amide bonds. The Morgan fingerprint density at radius 3 is 1.88 bits per heavy atom. The number of rotatable bonds is 0. The summed E-state index contributed by atoms with van der Waals surface area (Å²) in [4.78, 5) is 19.7. The first kappa shape index (κ1) is 7.88. The van der Waals surface area contributed by atoms with Crippen LogP contribution in [0.25, 0.3) is 0 Å². The van der Waals surface area contributed by atoms with Gasteiger partial charge in [0, 0.05) is 6.07 Å². The van der Waals surface area contributed by atoms with Crippen LogP contribution in [0.2, 0.25) is 0 Å². The Labute approximate surface area is 66.9 Å². The second-order valence-corrected chi connectivity index (χ2v) is 1.22. The molecule has 1 aromatic carbocycles. The van der Waals surface area contributed by atoms with Gasteiger partial charge < -0.3 is 5.11 Å². The zero-order valence-electron chi connectivity index (χ0n) is 4.34. The van der Waals surface area contributed by atoms with Gasteiger partial charge in [-0.3, -0.25) is 9.59 Å². The Kier molecular flexibility index (Phi) is 2.40. The monoisotopic (exact) mass is 121 g/mol. The van der Waals surface area contributed by atoms with Crippen molar-refractivity contribution < 1.29 is 34.7 Å². The van der Waals surface area contributed by atoms with Crippen molar-refractivity contribution in [3.8, 4) is 5.75 Å². The topological polar surface area (TPSA) is 54.4 Å². The molecule has 0 spiro atoms. The van der Waals surface area contributed by atoms with E-state index in [0.717, 1.165) is 6.07 Å². The summed E-state index contributed by atoms with van der Waals surface area (Å²) in [6, 6.07) is 0.891. The Morgan fingerprint density at radius 2 is 1.88 bits per heavy atom. The summed E-state index contributed by atoms with van der Waals surface area (Å²) in [6.07, 6.45) is 0. The third kappa shape index (κ3) is 0.992. The van der Waals surface area contributed by atoms with E-state index in [-0.39, 0.29) is 29.6 Å². The first-order valence-corrected chi connectivity index (χ1v) is 1.71. The van der Waals surface area contributed by atoms with Gasteiger partial charge >= 0.3 is 29.6 Å². The van der Waals surface area contributed by atoms with Crippen molar-refractivity contribution in [2.45, 2.75) is 0 Å².